The molecular formula is C39H67NO8. The molecule has 276 valence electrons. The van der Waals surface area contributed by atoms with Crippen LogP contribution in [0.2, 0.25) is 0 Å². The second kappa shape index (κ2) is 29.8. The Morgan fingerprint density at radius 3 is 1.90 bits per heavy atom. The van der Waals surface area contributed by atoms with Gasteiger partial charge in [-0.15, -0.1) is 0 Å². The molecule has 1 rings (SSSR count). The number of ether oxygens (including phenoxy) is 2. The van der Waals surface area contributed by atoms with Crippen molar-refractivity contribution in [3.63, 3.8) is 0 Å². The van der Waals surface area contributed by atoms with E-state index in [9.17, 15) is 30.3 Å². The van der Waals surface area contributed by atoms with Crippen LogP contribution in [0.15, 0.2) is 60.8 Å². The fourth-order valence-electron chi connectivity index (χ4n) is 5.31. The minimum atomic E-state index is -1.57. The largest absolute Gasteiger partial charge is 0.394 e. The van der Waals surface area contributed by atoms with Crippen LogP contribution < -0.4 is 5.32 Å². The van der Waals surface area contributed by atoms with Crippen LogP contribution in [0.3, 0.4) is 0 Å². The third kappa shape index (κ3) is 21.1. The average Bonchev–Trinajstić information content (AvgIpc) is 3.08. The first-order valence-electron chi connectivity index (χ1n) is 18.5. The molecule has 1 amide bonds. The molecule has 0 saturated carbocycles. The summed E-state index contributed by atoms with van der Waals surface area (Å²) in [4.78, 5) is 12.7. The zero-order valence-corrected chi connectivity index (χ0v) is 29.7. The van der Waals surface area contributed by atoms with Crippen LogP contribution in [0.5, 0.6) is 0 Å². The van der Waals surface area contributed by atoms with E-state index in [1.54, 1.807) is 6.08 Å². The van der Waals surface area contributed by atoms with Gasteiger partial charge in [0.2, 0.25) is 5.91 Å². The summed E-state index contributed by atoms with van der Waals surface area (Å²) in [5, 5.41) is 53.4. The molecule has 7 unspecified atom stereocenters. The summed E-state index contributed by atoms with van der Waals surface area (Å²) in [5.41, 5.74) is 0. The van der Waals surface area contributed by atoms with Gasteiger partial charge in [0, 0.05) is 6.42 Å². The highest BCUT2D eigenvalue weighted by atomic mass is 16.7. The summed E-state index contributed by atoms with van der Waals surface area (Å²) in [6.07, 6.45) is 30.4. The van der Waals surface area contributed by atoms with Crippen molar-refractivity contribution in [2.75, 3.05) is 13.2 Å². The normalized spacial score (nSPS) is 23.4. The van der Waals surface area contributed by atoms with E-state index >= 15 is 0 Å². The van der Waals surface area contributed by atoms with Gasteiger partial charge in [0.15, 0.2) is 6.29 Å². The van der Waals surface area contributed by atoms with Crippen LogP contribution in [0.4, 0.5) is 0 Å². The summed E-state index contributed by atoms with van der Waals surface area (Å²) in [7, 11) is 0. The number of aliphatic hydroxyl groups excluding tert-OH is 5. The topological polar surface area (TPSA) is 149 Å². The molecule has 1 heterocycles. The number of hydrogen-bond donors (Lipinski definition) is 6. The van der Waals surface area contributed by atoms with Gasteiger partial charge in [-0.25, -0.2) is 0 Å². The molecule has 0 aromatic heterocycles. The minimum Gasteiger partial charge on any atom is -0.394 e. The van der Waals surface area contributed by atoms with Crippen LogP contribution in [-0.2, 0) is 14.3 Å². The van der Waals surface area contributed by atoms with E-state index in [1.165, 1.54) is 25.7 Å². The average molecular weight is 678 g/mol. The number of carbonyl (C=O) groups excluding carboxylic acids is 1. The number of rotatable bonds is 28. The second-order valence-corrected chi connectivity index (χ2v) is 12.6. The summed E-state index contributed by atoms with van der Waals surface area (Å²) < 4.78 is 11.0. The highest BCUT2D eigenvalue weighted by Crippen LogP contribution is 2.22. The number of nitrogens with one attached hydrogen (secondary N) is 1. The van der Waals surface area contributed by atoms with Gasteiger partial charge in [-0.1, -0.05) is 126 Å². The Labute approximate surface area is 290 Å². The van der Waals surface area contributed by atoms with E-state index < -0.39 is 49.5 Å². The van der Waals surface area contributed by atoms with Crippen molar-refractivity contribution < 1.29 is 39.8 Å². The van der Waals surface area contributed by atoms with Gasteiger partial charge in [-0.2, -0.15) is 0 Å². The van der Waals surface area contributed by atoms with Crippen molar-refractivity contribution in [3.8, 4) is 0 Å². The third-order valence-electron chi connectivity index (χ3n) is 8.35. The van der Waals surface area contributed by atoms with E-state index in [0.29, 0.717) is 6.42 Å². The van der Waals surface area contributed by atoms with Gasteiger partial charge in [-0.05, 0) is 51.4 Å². The number of aliphatic hydroxyl groups is 5. The molecule has 1 aliphatic rings. The van der Waals surface area contributed by atoms with Crippen LogP contribution in [-0.4, -0.2) is 87.5 Å². The Morgan fingerprint density at radius 2 is 1.29 bits per heavy atom. The van der Waals surface area contributed by atoms with Gasteiger partial charge in [-0.3, -0.25) is 4.79 Å². The summed E-state index contributed by atoms with van der Waals surface area (Å²) in [6, 6.07) is -0.806. The van der Waals surface area contributed by atoms with Crippen LogP contribution in [0.1, 0.15) is 123 Å². The number of unbranched alkanes of at least 4 members (excludes halogenated alkanes) is 10. The molecule has 0 radical (unpaired) electrons. The maximum Gasteiger partial charge on any atom is 0.220 e. The quantitative estimate of drug-likeness (QED) is 0.0430. The molecule has 1 saturated heterocycles. The first-order chi connectivity index (χ1) is 23.3. The predicted molar refractivity (Wildman–Crippen MR) is 193 cm³/mol. The smallest absolute Gasteiger partial charge is 0.220 e. The van der Waals surface area contributed by atoms with Crippen molar-refractivity contribution in [2.45, 2.75) is 166 Å². The number of carbonyl (C=O) groups is 1. The van der Waals surface area contributed by atoms with Crippen molar-refractivity contribution in [1.82, 2.24) is 5.32 Å². The molecule has 0 aromatic rings. The standard InChI is InChI=1S/C39H67NO8/c1-3-5-7-9-10-11-12-13-14-15-16-17-18-19-20-21-22-23-24-25-27-29-35(43)40-32(33(42)28-26-8-6-4-2)31-47-39-38(46)37(45)36(44)34(30-41)48-39/h5,7,10-11,13-14,16-17,26,28,32-34,36-39,41-42,44-46H,3-4,6,8-9,12,15,18-25,27,29-31H2,1-2H3,(H,40,43)/b7-5-,11-10-,14-13-,17-16-,28-26+. The van der Waals surface area contributed by atoms with Gasteiger partial charge in [0.1, 0.15) is 24.4 Å². The molecule has 9 nitrogen and oxygen atoms in total. The maximum atomic E-state index is 12.7. The van der Waals surface area contributed by atoms with Crippen molar-refractivity contribution in [1.29, 1.82) is 0 Å². The second-order valence-electron chi connectivity index (χ2n) is 12.6. The molecule has 48 heavy (non-hydrogen) atoms. The summed E-state index contributed by atoms with van der Waals surface area (Å²) in [5.74, 6) is -0.200. The van der Waals surface area contributed by atoms with Gasteiger partial charge >= 0.3 is 0 Å². The molecule has 0 aliphatic carbocycles. The molecule has 0 aromatic carbocycles. The summed E-state index contributed by atoms with van der Waals surface area (Å²) in [6.45, 7) is 3.46. The minimum absolute atomic E-state index is 0.198. The molecule has 1 aliphatic heterocycles. The summed E-state index contributed by atoms with van der Waals surface area (Å²) >= 11 is 0. The number of hydrogen-bond acceptors (Lipinski definition) is 8. The fourth-order valence-corrected chi connectivity index (χ4v) is 5.31. The van der Waals surface area contributed by atoms with Crippen molar-refractivity contribution >= 4 is 5.91 Å². The maximum absolute atomic E-state index is 12.7. The zero-order chi connectivity index (χ0) is 35.2. The third-order valence-corrected chi connectivity index (χ3v) is 8.35. The Bertz CT molecular complexity index is 931. The van der Waals surface area contributed by atoms with E-state index in [1.807, 2.05) is 6.08 Å². The Kier molecular flexibility index (Phi) is 27.2. The predicted octanol–water partition coefficient (Wildman–Crippen LogP) is 6.10. The molecule has 0 spiro atoms. The van der Waals surface area contributed by atoms with E-state index in [4.69, 9.17) is 9.47 Å². The van der Waals surface area contributed by atoms with Crippen molar-refractivity contribution in [3.05, 3.63) is 60.8 Å². The van der Waals surface area contributed by atoms with Crippen molar-refractivity contribution in [2.24, 2.45) is 0 Å². The molecule has 0 bridgehead atoms. The highest BCUT2D eigenvalue weighted by molar-refractivity contribution is 5.76. The highest BCUT2D eigenvalue weighted by Gasteiger charge is 2.44. The first-order valence-corrected chi connectivity index (χ1v) is 18.5. The Balaban J connectivity index is 2.25. The molecular weight excluding hydrogens is 610 g/mol. The lowest BCUT2D eigenvalue weighted by Gasteiger charge is -2.40. The Morgan fingerprint density at radius 1 is 0.729 bits per heavy atom. The molecule has 9 heteroatoms. The van der Waals surface area contributed by atoms with Crippen LogP contribution in [0.25, 0.3) is 0 Å². The molecule has 6 N–H and O–H groups in total. The van der Waals surface area contributed by atoms with Gasteiger partial charge < -0.3 is 40.3 Å². The van der Waals surface area contributed by atoms with Gasteiger partial charge in [0.05, 0.1) is 25.4 Å². The SMILES string of the molecule is CC/C=C\C/C=C\C/C=C\C/C=C\CCCCCCCCCCC(=O)NC(COC1OC(CO)C(O)C(O)C1O)C(O)/C=C/CCCC. The van der Waals surface area contributed by atoms with Gasteiger partial charge in [0.25, 0.3) is 0 Å². The first kappa shape index (κ1) is 43.9. The van der Waals surface area contributed by atoms with E-state index in [-0.39, 0.29) is 12.5 Å². The molecule has 1 fully saturated rings. The zero-order valence-electron chi connectivity index (χ0n) is 29.7. The van der Waals surface area contributed by atoms with E-state index in [0.717, 1.165) is 77.0 Å². The lowest BCUT2D eigenvalue weighted by Crippen LogP contribution is -2.60. The number of amides is 1. The van der Waals surface area contributed by atoms with Crippen LogP contribution in [0, 0.1) is 0 Å². The fraction of sp³-hybridized carbons (Fsp3) is 0.718. The van der Waals surface area contributed by atoms with E-state index in [2.05, 4.69) is 67.8 Å². The number of allylic oxidation sites excluding steroid dienone is 9. The van der Waals surface area contributed by atoms with Crippen LogP contribution >= 0.6 is 0 Å². The monoisotopic (exact) mass is 677 g/mol. The Hall–Kier alpha value is -2.11. The lowest BCUT2D eigenvalue weighted by atomic mass is 9.99. The lowest BCUT2D eigenvalue weighted by molar-refractivity contribution is -0.302. The molecule has 7 atom stereocenters.